The van der Waals surface area contributed by atoms with Crippen LogP contribution in [0.3, 0.4) is 0 Å². The van der Waals surface area contributed by atoms with E-state index >= 15 is 0 Å². The maximum atomic E-state index is 11.3. The van der Waals surface area contributed by atoms with Crippen molar-refractivity contribution < 1.29 is 9.53 Å². The third-order valence-corrected chi connectivity index (χ3v) is 1.29. The molecule has 0 unspecified atom stereocenters. The van der Waals surface area contributed by atoms with Crippen molar-refractivity contribution in [2.24, 2.45) is 0 Å². The van der Waals surface area contributed by atoms with Crippen molar-refractivity contribution in [3.63, 3.8) is 0 Å². The lowest BCUT2D eigenvalue weighted by molar-refractivity contribution is 0.0194. The van der Waals surface area contributed by atoms with Gasteiger partial charge >= 0.3 is 6.09 Å². The van der Waals surface area contributed by atoms with Gasteiger partial charge in [0.2, 0.25) is 0 Å². The number of carbonyl (C=O) groups excluding carboxylic acids is 1. The van der Waals surface area contributed by atoms with Crippen molar-refractivity contribution in [2.75, 3.05) is 13.1 Å². The molecule has 0 aromatic heterocycles. The number of hydrazine groups is 2. The molecule has 1 rings (SSSR count). The minimum atomic E-state index is -0.429. The molecule has 0 saturated carbocycles. The summed E-state index contributed by atoms with van der Waals surface area (Å²) in [6, 6.07) is 0. The quantitative estimate of drug-likeness (QED) is 0.551. The lowest BCUT2D eigenvalue weighted by Crippen LogP contribution is -2.43. The predicted octanol–water partition coefficient (Wildman–Crippen LogP) is 0.246. The van der Waals surface area contributed by atoms with Crippen LogP contribution in [-0.2, 0) is 4.74 Å². The van der Waals surface area contributed by atoms with Gasteiger partial charge in [0, 0.05) is 6.54 Å². The van der Waals surface area contributed by atoms with Gasteiger partial charge in [-0.15, -0.1) is 0 Å². The summed E-state index contributed by atoms with van der Waals surface area (Å²) in [5, 5.41) is 1.41. The van der Waals surface area contributed by atoms with E-state index in [0.717, 1.165) is 6.54 Å². The van der Waals surface area contributed by atoms with E-state index in [1.165, 1.54) is 5.01 Å². The number of hydrogen-bond donors (Lipinski definition) is 2. The van der Waals surface area contributed by atoms with Crippen LogP contribution in [0.1, 0.15) is 20.8 Å². The van der Waals surface area contributed by atoms with Crippen LogP contribution in [0.25, 0.3) is 0 Å². The maximum absolute atomic E-state index is 11.3. The normalized spacial score (nSPS) is 18.1. The van der Waals surface area contributed by atoms with E-state index in [-0.39, 0.29) is 6.09 Å². The van der Waals surface area contributed by atoms with Gasteiger partial charge in [0.1, 0.15) is 5.60 Å². The number of rotatable bonds is 0. The van der Waals surface area contributed by atoms with Crippen molar-refractivity contribution in [2.45, 2.75) is 26.4 Å². The Morgan fingerprint density at radius 3 is 2.58 bits per heavy atom. The summed E-state index contributed by atoms with van der Waals surface area (Å²) in [7, 11) is 0. The highest BCUT2D eigenvalue weighted by atomic mass is 16.6. The average Bonchev–Trinajstić information content (AvgIpc) is 2.32. The van der Waals surface area contributed by atoms with Crippen LogP contribution >= 0.6 is 0 Å². The molecule has 1 heterocycles. The number of carbonyl (C=O) groups is 1. The highest BCUT2D eigenvalue weighted by molar-refractivity contribution is 5.67. The second-order valence-electron chi connectivity index (χ2n) is 3.67. The van der Waals surface area contributed by atoms with Gasteiger partial charge in [0.25, 0.3) is 0 Å². The summed E-state index contributed by atoms with van der Waals surface area (Å²) in [5.41, 5.74) is 5.07. The molecule has 1 aliphatic heterocycles. The fourth-order valence-electron chi connectivity index (χ4n) is 0.829. The Kier molecular flexibility index (Phi) is 2.54. The van der Waals surface area contributed by atoms with E-state index < -0.39 is 5.60 Å². The molecule has 0 radical (unpaired) electrons. The molecule has 5 heteroatoms. The van der Waals surface area contributed by atoms with E-state index in [0.29, 0.717) is 6.54 Å². The van der Waals surface area contributed by atoms with Crippen molar-refractivity contribution in [3.8, 4) is 0 Å². The Bertz CT molecular complexity index is 170. The van der Waals surface area contributed by atoms with Crippen LogP contribution in [0, 0.1) is 0 Å². The molecule has 0 aliphatic carbocycles. The molecule has 1 amide bonds. The van der Waals surface area contributed by atoms with Gasteiger partial charge in [-0.1, -0.05) is 0 Å². The zero-order valence-electron chi connectivity index (χ0n) is 7.68. The molecule has 0 aromatic carbocycles. The summed E-state index contributed by atoms with van der Waals surface area (Å²) < 4.78 is 5.11. The minimum absolute atomic E-state index is 0.340. The van der Waals surface area contributed by atoms with Crippen LogP contribution in [0.15, 0.2) is 0 Å². The van der Waals surface area contributed by atoms with Gasteiger partial charge in [-0.2, -0.15) is 5.53 Å². The Morgan fingerprint density at radius 1 is 1.50 bits per heavy atom. The summed E-state index contributed by atoms with van der Waals surface area (Å²) in [6.07, 6.45) is -0.340. The summed E-state index contributed by atoms with van der Waals surface area (Å²) in [4.78, 5) is 11.3. The van der Waals surface area contributed by atoms with E-state index in [4.69, 9.17) is 4.74 Å². The Morgan fingerprint density at radius 2 is 2.17 bits per heavy atom. The molecule has 0 bridgehead atoms. The average molecular weight is 173 g/mol. The topological polar surface area (TPSA) is 53.6 Å². The van der Waals surface area contributed by atoms with E-state index in [9.17, 15) is 4.79 Å². The van der Waals surface area contributed by atoms with Crippen LogP contribution in [0.5, 0.6) is 0 Å². The molecule has 0 aromatic rings. The highest BCUT2D eigenvalue weighted by Crippen LogP contribution is 2.08. The second kappa shape index (κ2) is 3.28. The van der Waals surface area contributed by atoms with Crippen molar-refractivity contribution >= 4 is 6.09 Å². The van der Waals surface area contributed by atoms with E-state index in [2.05, 4.69) is 11.0 Å². The monoisotopic (exact) mass is 173 g/mol. The number of nitrogens with zero attached hydrogens (tertiary/aromatic N) is 1. The molecule has 2 N–H and O–H groups in total. The van der Waals surface area contributed by atoms with Gasteiger partial charge in [0.15, 0.2) is 0 Å². The van der Waals surface area contributed by atoms with Crippen molar-refractivity contribution in [3.05, 3.63) is 0 Å². The Hall–Kier alpha value is -0.810. The first-order valence-electron chi connectivity index (χ1n) is 3.98. The minimum Gasteiger partial charge on any atom is -0.443 e. The van der Waals surface area contributed by atoms with Crippen LogP contribution in [0.4, 0.5) is 4.79 Å². The molecule has 0 atom stereocenters. The molecule has 0 spiro atoms. The number of hydrogen-bond acceptors (Lipinski definition) is 4. The summed E-state index contributed by atoms with van der Waals surface area (Å²) in [5.74, 6) is 0. The standard InChI is InChI=1S/C7H15N3O2/c1-7(2,3)12-6(11)10-5-4-8-9-10/h8-9H,4-5H2,1-3H3. The number of nitrogens with one attached hydrogen (secondary N) is 2. The lowest BCUT2D eigenvalue weighted by atomic mass is 10.2. The summed E-state index contributed by atoms with van der Waals surface area (Å²) in [6.45, 7) is 6.91. The molecule has 70 valence electrons. The van der Waals surface area contributed by atoms with Gasteiger partial charge in [-0.3, -0.25) is 0 Å². The van der Waals surface area contributed by atoms with Crippen LogP contribution in [0.2, 0.25) is 0 Å². The van der Waals surface area contributed by atoms with Crippen molar-refractivity contribution in [1.82, 2.24) is 16.0 Å². The zero-order chi connectivity index (χ0) is 9.19. The molecule has 12 heavy (non-hydrogen) atoms. The van der Waals surface area contributed by atoms with Crippen LogP contribution in [-0.4, -0.2) is 29.8 Å². The SMILES string of the molecule is CC(C)(C)OC(=O)N1CCNN1. The van der Waals surface area contributed by atoms with E-state index in [1.807, 2.05) is 20.8 Å². The van der Waals surface area contributed by atoms with Crippen molar-refractivity contribution in [1.29, 1.82) is 0 Å². The second-order valence-corrected chi connectivity index (χ2v) is 3.67. The van der Waals surface area contributed by atoms with Gasteiger partial charge in [-0.25, -0.2) is 15.2 Å². The fraction of sp³-hybridized carbons (Fsp3) is 0.857. The molecule has 5 nitrogen and oxygen atoms in total. The third kappa shape index (κ3) is 2.67. The lowest BCUT2D eigenvalue weighted by Gasteiger charge is -2.23. The zero-order valence-corrected chi connectivity index (χ0v) is 7.68. The molecule has 1 aliphatic rings. The number of amides is 1. The smallest absolute Gasteiger partial charge is 0.425 e. The Balaban J connectivity index is 2.37. The first kappa shape index (κ1) is 9.28. The molecule has 1 saturated heterocycles. The fourth-order valence-corrected chi connectivity index (χ4v) is 0.829. The maximum Gasteiger partial charge on any atom is 0.425 e. The first-order valence-corrected chi connectivity index (χ1v) is 3.98. The largest absolute Gasteiger partial charge is 0.443 e. The number of ether oxygens (including phenoxy) is 1. The van der Waals surface area contributed by atoms with Crippen LogP contribution < -0.4 is 11.0 Å². The predicted molar refractivity (Wildman–Crippen MR) is 44.1 cm³/mol. The summed E-state index contributed by atoms with van der Waals surface area (Å²) >= 11 is 0. The van der Waals surface area contributed by atoms with Gasteiger partial charge in [0.05, 0.1) is 6.54 Å². The van der Waals surface area contributed by atoms with Gasteiger partial charge in [-0.05, 0) is 20.8 Å². The molecular formula is C7H15N3O2. The van der Waals surface area contributed by atoms with E-state index in [1.54, 1.807) is 0 Å². The molecule has 1 fully saturated rings. The Labute approximate surface area is 72.0 Å². The highest BCUT2D eigenvalue weighted by Gasteiger charge is 2.23. The first-order chi connectivity index (χ1) is 5.49. The third-order valence-electron chi connectivity index (χ3n) is 1.29. The van der Waals surface area contributed by atoms with Gasteiger partial charge < -0.3 is 4.74 Å². The molecular weight excluding hydrogens is 158 g/mol.